The normalized spacial score (nSPS) is 12.5. The van der Waals surface area contributed by atoms with Crippen LogP contribution >= 0.6 is 0 Å². The highest BCUT2D eigenvalue weighted by atomic mass is 16.6. The zero-order valence-corrected chi connectivity index (χ0v) is 20.2. The van der Waals surface area contributed by atoms with Crippen molar-refractivity contribution in [2.24, 2.45) is 0 Å². The largest absolute Gasteiger partial charge is 0.486 e. The van der Waals surface area contributed by atoms with Crippen molar-refractivity contribution in [1.82, 2.24) is 20.0 Å². The van der Waals surface area contributed by atoms with Crippen molar-refractivity contribution in [3.8, 4) is 39.9 Å². The fourth-order valence-corrected chi connectivity index (χ4v) is 3.99. The minimum atomic E-state index is -0.551. The van der Waals surface area contributed by atoms with Gasteiger partial charge < -0.3 is 18.6 Å². The molecule has 0 spiro atoms. The lowest BCUT2D eigenvalue weighted by molar-refractivity contribution is -0.139. The first-order chi connectivity index (χ1) is 18.7. The van der Waals surface area contributed by atoms with Crippen LogP contribution < -0.4 is 9.47 Å². The second kappa shape index (κ2) is 10.4. The highest BCUT2D eigenvalue weighted by molar-refractivity contribution is 5.88. The lowest BCUT2D eigenvalue weighted by atomic mass is 10.1. The molecule has 188 valence electrons. The number of hydrogen-bond acceptors (Lipinski definition) is 8. The number of benzene rings is 3. The quantitative estimate of drug-likeness (QED) is 0.222. The van der Waals surface area contributed by atoms with Gasteiger partial charge in [-0.15, -0.1) is 10.2 Å². The van der Waals surface area contributed by atoms with E-state index in [0.717, 1.165) is 22.4 Å². The van der Waals surface area contributed by atoms with Crippen LogP contribution in [0.3, 0.4) is 0 Å². The van der Waals surface area contributed by atoms with Gasteiger partial charge in [-0.05, 0) is 48.5 Å². The number of ether oxygens (including phenoxy) is 3. The van der Waals surface area contributed by atoms with E-state index in [0.29, 0.717) is 36.3 Å². The van der Waals surface area contributed by atoms with Gasteiger partial charge in [0, 0.05) is 29.0 Å². The minimum absolute atomic E-state index is 0.138. The zero-order chi connectivity index (χ0) is 25.7. The van der Waals surface area contributed by atoms with Crippen molar-refractivity contribution in [2.45, 2.75) is 6.61 Å². The summed E-state index contributed by atoms with van der Waals surface area (Å²) < 4.78 is 24.1. The smallest absolute Gasteiger partial charge is 0.331 e. The Hall–Kier alpha value is -5.18. The molecule has 38 heavy (non-hydrogen) atoms. The molecular formula is C29H22N4O5. The molecule has 0 saturated carbocycles. The van der Waals surface area contributed by atoms with Crippen LogP contribution in [0, 0.1) is 0 Å². The van der Waals surface area contributed by atoms with E-state index in [1.165, 1.54) is 6.08 Å². The van der Waals surface area contributed by atoms with Gasteiger partial charge in [0.15, 0.2) is 18.1 Å². The number of hydrogen-bond donors (Lipinski definition) is 0. The number of fused-ring (bicyclic) bond motifs is 1. The molecule has 9 heteroatoms. The Bertz CT molecular complexity index is 1590. The molecule has 0 atom stereocenters. The number of esters is 1. The summed E-state index contributed by atoms with van der Waals surface area (Å²) in [5.74, 6) is 1.38. The van der Waals surface area contributed by atoms with Crippen LogP contribution in [0.1, 0.15) is 11.5 Å². The molecule has 1 aliphatic heterocycles. The van der Waals surface area contributed by atoms with Crippen LogP contribution in [0.15, 0.2) is 95.6 Å². The standard InChI is InChI=1S/C29H22N4O5/c34-27(37-19-26-30-31-29(38-26)20-7-3-1-4-8-20)14-12-22-18-33(23-9-5-2-6-10-23)32-28(22)21-11-13-24-25(17-21)36-16-15-35-24/h1-14,17-18H,15-16,19H2/b14-12+. The van der Waals surface area contributed by atoms with E-state index >= 15 is 0 Å². The van der Waals surface area contributed by atoms with Gasteiger partial charge in [-0.2, -0.15) is 5.10 Å². The number of nitrogens with zero attached hydrogens (tertiary/aromatic N) is 4. The SMILES string of the molecule is O=C(/C=C/c1cn(-c2ccccc2)nc1-c1ccc2c(c1)OCCO2)OCc1nnc(-c2ccccc2)o1. The second-order valence-electron chi connectivity index (χ2n) is 8.38. The fourth-order valence-electron chi connectivity index (χ4n) is 3.99. The monoisotopic (exact) mass is 506 g/mol. The summed E-state index contributed by atoms with van der Waals surface area (Å²) in [6, 6.07) is 24.8. The maximum Gasteiger partial charge on any atom is 0.331 e. The Morgan fingerprint density at radius 1 is 0.895 bits per heavy atom. The third-order valence-electron chi connectivity index (χ3n) is 5.80. The number of para-hydroxylation sites is 1. The molecule has 9 nitrogen and oxygen atoms in total. The Kier molecular flexibility index (Phi) is 6.38. The van der Waals surface area contributed by atoms with Gasteiger partial charge in [-0.1, -0.05) is 36.4 Å². The maximum absolute atomic E-state index is 12.5. The molecular weight excluding hydrogens is 484 g/mol. The highest BCUT2D eigenvalue weighted by Gasteiger charge is 2.17. The van der Waals surface area contributed by atoms with E-state index in [2.05, 4.69) is 10.2 Å². The molecule has 2 aromatic heterocycles. The highest BCUT2D eigenvalue weighted by Crippen LogP contribution is 2.35. The number of rotatable bonds is 7. The molecule has 0 radical (unpaired) electrons. The van der Waals surface area contributed by atoms with Gasteiger partial charge in [0.1, 0.15) is 18.9 Å². The number of carbonyl (C=O) groups excluding carboxylic acids is 1. The summed E-state index contributed by atoms with van der Waals surface area (Å²) in [6.07, 6.45) is 4.88. The van der Waals surface area contributed by atoms with Crippen molar-refractivity contribution in [1.29, 1.82) is 0 Å². The van der Waals surface area contributed by atoms with Crippen LogP contribution in [0.5, 0.6) is 11.5 Å². The summed E-state index contributed by atoms with van der Waals surface area (Å²) in [4.78, 5) is 12.5. The predicted octanol–water partition coefficient (Wildman–Crippen LogP) is 5.12. The van der Waals surface area contributed by atoms with Crippen molar-refractivity contribution in [2.75, 3.05) is 13.2 Å². The molecule has 3 aromatic carbocycles. The number of carbonyl (C=O) groups is 1. The predicted molar refractivity (Wildman–Crippen MR) is 139 cm³/mol. The molecule has 0 N–H and O–H groups in total. The topological polar surface area (TPSA) is 102 Å². The molecule has 0 saturated heterocycles. The van der Waals surface area contributed by atoms with Crippen LogP contribution in [-0.2, 0) is 16.1 Å². The van der Waals surface area contributed by atoms with Gasteiger partial charge >= 0.3 is 5.97 Å². The van der Waals surface area contributed by atoms with Crippen molar-refractivity contribution < 1.29 is 23.4 Å². The molecule has 5 aromatic rings. The van der Waals surface area contributed by atoms with Gasteiger partial charge in [-0.3, -0.25) is 0 Å². The number of aromatic nitrogens is 4. The Balaban J connectivity index is 1.21. The third kappa shape index (κ3) is 5.03. The van der Waals surface area contributed by atoms with Crippen LogP contribution in [0.25, 0.3) is 34.5 Å². The summed E-state index contributed by atoms with van der Waals surface area (Å²) in [5.41, 5.74) is 3.92. The molecule has 0 aliphatic carbocycles. The molecule has 6 rings (SSSR count). The summed E-state index contributed by atoms with van der Waals surface area (Å²) >= 11 is 0. The molecule has 3 heterocycles. The van der Waals surface area contributed by atoms with Gasteiger partial charge in [-0.25, -0.2) is 9.48 Å². The second-order valence-corrected chi connectivity index (χ2v) is 8.38. The van der Waals surface area contributed by atoms with Gasteiger partial charge in [0.25, 0.3) is 5.89 Å². The minimum Gasteiger partial charge on any atom is -0.486 e. The fraction of sp³-hybridized carbons (Fsp3) is 0.103. The molecule has 1 aliphatic rings. The van der Waals surface area contributed by atoms with E-state index in [4.69, 9.17) is 23.7 Å². The van der Waals surface area contributed by atoms with E-state index in [9.17, 15) is 4.79 Å². The van der Waals surface area contributed by atoms with Gasteiger partial charge in [0.05, 0.1) is 5.69 Å². The third-order valence-corrected chi connectivity index (χ3v) is 5.80. The lowest BCUT2D eigenvalue weighted by Crippen LogP contribution is -2.15. The maximum atomic E-state index is 12.5. The van der Waals surface area contributed by atoms with Crippen LogP contribution in [-0.4, -0.2) is 39.2 Å². The van der Waals surface area contributed by atoms with E-state index < -0.39 is 5.97 Å². The van der Waals surface area contributed by atoms with Gasteiger partial charge in [0.2, 0.25) is 5.89 Å². The summed E-state index contributed by atoms with van der Waals surface area (Å²) in [6.45, 7) is 0.865. The van der Waals surface area contributed by atoms with Crippen LogP contribution in [0.2, 0.25) is 0 Å². The molecule has 0 amide bonds. The first kappa shape index (κ1) is 23.2. The van der Waals surface area contributed by atoms with Crippen LogP contribution in [0.4, 0.5) is 0 Å². The first-order valence-corrected chi connectivity index (χ1v) is 12.0. The Morgan fingerprint density at radius 2 is 1.66 bits per heavy atom. The Labute approximate surface area is 217 Å². The molecule has 0 bridgehead atoms. The Morgan fingerprint density at radius 3 is 2.47 bits per heavy atom. The molecule has 0 fully saturated rings. The lowest BCUT2D eigenvalue weighted by Gasteiger charge is -2.18. The zero-order valence-electron chi connectivity index (χ0n) is 20.2. The van der Waals surface area contributed by atoms with E-state index in [-0.39, 0.29) is 12.5 Å². The summed E-state index contributed by atoms with van der Waals surface area (Å²) in [7, 11) is 0. The molecule has 0 unspecified atom stereocenters. The van der Waals surface area contributed by atoms with Crippen molar-refractivity contribution >= 4 is 12.0 Å². The average Bonchev–Trinajstić information content (AvgIpc) is 3.63. The van der Waals surface area contributed by atoms with Crippen molar-refractivity contribution in [3.05, 3.63) is 103 Å². The average molecular weight is 507 g/mol. The van der Waals surface area contributed by atoms with Crippen molar-refractivity contribution in [3.63, 3.8) is 0 Å². The first-order valence-electron chi connectivity index (χ1n) is 12.0. The summed E-state index contributed by atoms with van der Waals surface area (Å²) in [5, 5.41) is 12.8. The van der Waals surface area contributed by atoms with E-state index in [1.807, 2.05) is 85.1 Å². The van der Waals surface area contributed by atoms with E-state index in [1.54, 1.807) is 10.8 Å².